The summed E-state index contributed by atoms with van der Waals surface area (Å²) in [6.07, 6.45) is 2.84. The van der Waals surface area contributed by atoms with Crippen LogP contribution in [0.4, 0.5) is 0 Å². The van der Waals surface area contributed by atoms with Gasteiger partial charge in [-0.3, -0.25) is 0 Å². The Bertz CT molecular complexity index is 355. The smallest absolute Gasteiger partial charge is 0.360 e. The number of hydrogen-bond acceptors (Lipinski definition) is 4. The summed E-state index contributed by atoms with van der Waals surface area (Å²) in [5.74, 6) is -0.154. The molecule has 1 rings (SSSR count). The molecule has 0 aliphatic rings. The lowest BCUT2D eigenvalue weighted by molar-refractivity contribution is 0.0519. The van der Waals surface area contributed by atoms with E-state index in [0.29, 0.717) is 15.9 Å². The van der Waals surface area contributed by atoms with Gasteiger partial charge in [0, 0.05) is 6.08 Å². The van der Waals surface area contributed by atoms with Gasteiger partial charge in [0.05, 0.1) is 10.00 Å². The zero-order valence-electron chi connectivity index (χ0n) is 7.29. The fourth-order valence-electron chi connectivity index (χ4n) is 0.746. The molecule has 0 saturated heterocycles. The molecule has 0 amide bonds. The second-order valence-electron chi connectivity index (χ2n) is 2.23. The van der Waals surface area contributed by atoms with Crippen molar-refractivity contribution in [3.05, 3.63) is 21.2 Å². The summed E-state index contributed by atoms with van der Waals surface area (Å²) in [6, 6.07) is 0. The highest BCUT2D eigenvalue weighted by Crippen LogP contribution is 2.17. The average Bonchev–Trinajstić information content (AvgIpc) is 2.52. The minimum absolute atomic E-state index is 0.166. The molecule has 14 heavy (non-hydrogen) atoms. The number of hydrogen-bond donors (Lipinski definition) is 0. The average molecular weight is 325 g/mol. The van der Waals surface area contributed by atoms with Crippen molar-refractivity contribution in [2.45, 2.75) is 6.92 Å². The zero-order valence-corrected chi connectivity index (χ0v) is 10.5. The maximum Gasteiger partial charge on any atom is 0.360 e. The van der Waals surface area contributed by atoms with Gasteiger partial charge in [-0.25, -0.2) is 9.78 Å². The van der Waals surface area contributed by atoms with E-state index < -0.39 is 5.97 Å². The van der Waals surface area contributed by atoms with Crippen molar-refractivity contribution in [2.75, 3.05) is 6.61 Å². The van der Waals surface area contributed by atoms with Crippen molar-refractivity contribution in [1.82, 2.24) is 4.98 Å². The van der Waals surface area contributed by atoms with Crippen molar-refractivity contribution in [2.24, 2.45) is 0 Å². The molecule has 1 aromatic heterocycles. The molecule has 0 aromatic carbocycles. The maximum absolute atomic E-state index is 11.2. The number of ether oxygens (including phenoxy) is 1. The largest absolute Gasteiger partial charge is 0.461 e. The van der Waals surface area contributed by atoms with Crippen LogP contribution in [0.2, 0.25) is 0 Å². The van der Waals surface area contributed by atoms with Gasteiger partial charge in [0.1, 0.15) is 6.26 Å². The highest BCUT2D eigenvalue weighted by Gasteiger charge is 2.11. The number of rotatable bonds is 3. The Morgan fingerprint density at radius 3 is 3.00 bits per heavy atom. The summed E-state index contributed by atoms with van der Waals surface area (Å²) in [7, 11) is 0. The monoisotopic (exact) mass is 323 g/mol. The van der Waals surface area contributed by atoms with Gasteiger partial charge in [-0.15, -0.1) is 0 Å². The third-order valence-corrected chi connectivity index (χ3v) is 1.70. The van der Waals surface area contributed by atoms with Crippen LogP contribution in [-0.2, 0) is 4.74 Å². The standard InChI is InChI=1S/C8H7Br2NO3/c1-2-13-8(12)5-4-14-7(11-5)3-6(9)10/h3-4H,2H2,1H3. The Hall–Kier alpha value is -0.620. The van der Waals surface area contributed by atoms with E-state index in [1.54, 1.807) is 13.0 Å². The lowest BCUT2D eigenvalue weighted by atomic mass is 10.5. The molecule has 1 heterocycles. The Kier molecular flexibility index (Phi) is 4.34. The molecule has 0 spiro atoms. The van der Waals surface area contributed by atoms with Crippen LogP contribution in [0.5, 0.6) is 0 Å². The normalized spacial score (nSPS) is 9.64. The quantitative estimate of drug-likeness (QED) is 0.802. The van der Waals surface area contributed by atoms with Crippen LogP contribution in [-0.4, -0.2) is 17.6 Å². The fourth-order valence-corrected chi connectivity index (χ4v) is 1.14. The Labute approximate surface area is 97.6 Å². The van der Waals surface area contributed by atoms with Gasteiger partial charge in [-0.1, -0.05) is 0 Å². The molecule has 76 valence electrons. The maximum atomic E-state index is 11.2. The van der Waals surface area contributed by atoms with Gasteiger partial charge in [-0.2, -0.15) is 0 Å². The van der Waals surface area contributed by atoms with Crippen LogP contribution in [0.3, 0.4) is 0 Å². The Balaban J connectivity index is 2.78. The molecular weight excluding hydrogens is 318 g/mol. The number of nitrogens with zero attached hydrogens (tertiary/aromatic N) is 1. The fraction of sp³-hybridized carbons (Fsp3) is 0.250. The van der Waals surface area contributed by atoms with Gasteiger partial charge in [0.15, 0.2) is 5.69 Å². The van der Waals surface area contributed by atoms with Crippen molar-refractivity contribution in [3.63, 3.8) is 0 Å². The molecule has 1 aromatic rings. The van der Waals surface area contributed by atoms with Gasteiger partial charge in [0.25, 0.3) is 0 Å². The van der Waals surface area contributed by atoms with Crippen LogP contribution in [0.25, 0.3) is 6.08 Å². The first-order chi connectivity index (χ1) is 6.63. The van der Waals surface area contributed by atoms with E-state index in [0.717, 1.165) is 0 Å². The van der Waals surface area contributed by atoms with Crippen LogP contribution in [0.1, 0.15) is 23.3 Å². The molecule has 0 unspecified atom stereocenters. The van der Waals surface area contributed by atoms with E-state index in [-0.39, 0.29) is 5.69 Å². The summed E-state index contributed by atoms with van der Waals surface area (Å²) >= 11 is 6.30. The van der Waals surface area contributed by atoms with E-state index in [1.807, 2.05) is 0 Å². The molecule has 0 N–H and O–H groups in total. The molecular formula is C8H7Br2NO3. The van der Waals surface area contributed by atoms with Gasteiger partial charge in [0.2, 0.25) is 5.89 Å². The topological polar surface area (TPSA) is 52.3 Å². The highest BCUT2D eigenvalue weighted by molar-refractivity contribution is 9.28. The Morgan fingerprint density at radius 2 is 2.43 bits per heavy atom. The molecule has 0 fully saturated rings. The van der Waals surface area contributed by atoms with Crippen molar-refractivity contribution < 1.29 is 13.9 Å². The van der Waals surface area contributed by atoms with Crippen LogP contribution >= 0.6 is 31.9 Å². The van der Waals surface area contributed by atoms with Gasteiger partial charge in [-0.05, 0) is 38.8 Å². The number of halogens is 2. The van der Waals surface area contributed by atoms with E-state index in [1.165, 1.54) is 6.26 Å². The van der Waals surface area contributed by atoms with E-state index in [2.05, 4.69) is 36.8 Å². The van der Waals surface area contributed by atoms with Gasteiger partial charge >= 0.3 is 5.97 Å². The summed E-state index contributed by atoms with van der Waals surface area (Å²) in [4.78, 5) is 15.0. The SMILES string of the molecule is CCOC(=O)c1coc(C=C(Br)Br)n1. The van der Waals surface area contributed by atoms with E-state index in [4.69, 9.17) is 9.15 Å². The first kappa shape index (κ1) is 11.5. The number of carbonyl (C=O) groups is 1. The minimum atomic E-state index is -0.485. The van der Waals surface area contributed by atoms with Crippen molar-refractivity contribution in [1.29, 1.82) is 0 Å². The minimum Gasteiger partial charge on any atom is -0.461 e. The predicted molar refractivity (Wildman–Crippen MR) is 58.3 cm³/mol. The predicted octanol–water partition coefficient (Wildman–Crippen LogP) is 2.94. The molecule has 0 aliphatic heterocycles. The lowest BCUT2D eigenvalue weighted by Gasteiger charge is -1.94. The molecule has 6 heteroatoms. The third-order valence-electron chi connectivity index (χ3n) is 1.24. The number of aromatic nitrogens is 1. The van der Waals surface area contributed by atoms with E-state index in [9.17, 15) is 4.79 Å². The van der Waals surface area contributed by atoms with Crippen molar-refractivity contribution >= 4 is 43.9 Å². The summed E-state index contributed by atoms with van der Waals surface area (Å²) in [5.41, 5.74) is 0.166. The molecule has 0 saturated carbocycles. The third kappa shape index (κ3) is 3.26. The summed E-state index contributed by atoms with van der Waals surface area (Å²) in [5, 5.41) is 0. The van der Waals surface area contributed by atoms with Crippen LogP contribution in [0, 0.1) is 0 Å². The van der Waals surface area contributed by atoms with Crippen LogP contribution < -0.4 is 0 Å². The summed E-state index contributed by atoms with van der Waals surface area (Å²) < 4.78 is 10.4. The van der Waals surface area contributed by atoms with E-state index >= 15 is 0 Å². The second kappa shape index (κ2) is 5.31. The molecule has 4 nitrogen and oxygen atoms in total. The second-order valence-corrected chi connectivity index (χ2v) is 5.00. The molecule has 0 radical (unpaired) electrons. The first-order valence-electron chi connectivity index (χ1n) is 3.79. The lowest BCUT2D eigenvalue weighted by Crippen LogP contribution is -2.04. The highest BCUT2D eigenvalue weighted by atomic mass is 79.9. The number of oxazole rings is 1. The van der Waals surface area contributed by atoms with Gasteiger partial charge < -0.3 is 9.15 Å². The van der Waals surface area contributed by atoms with Crippen molar-refractivity contribution in [3.8, 4) is 0 Å². The Morgan fingerprint density at radius 1 is 1.71 bits per heavy atom. The van der Waals surface area contributed by atoms with Crippen LogP contribution in [0.15, 0.2) is 14.1 Å². The first-order valence-corrected chi connectivity index (χ1v) is 5.37. The zero-order chi connectivity index (χ0) is 10.6. The number of carbonyl (C=O) groups excluding carboxylic acids is 1. The molecule has 0 atom stereocenters. The molecule has 0 aliphatic carbocycles. The molecule has 0 bridgehead atoms. The summed E-state index contributed by atoms with van der Waals surface area (Å²) in [6.45, 7) is 2.05. The number of esters is 1.